The van der Waals surface area contributed by atoms with Gasteiger partial charge in [0.1, 0.15) is 17.6 Å². The van der Waals surface area contributed by atoms with Crippen LogP contribution in [0.15, 0.2) is 41.3 Å². The van der Waals surface area contributed by atoms with Gasteiger partial charge in [-0.05, 0) is 44.2 Å². The quantitative estimate of drug-likeness (QED) is 0.791. The molecule has 1 aliphatic heterocycles. The molecule has 0 saturated heterocycles. The first kappa shape index (κ1) is 19.0. The molecule has 7 nitrogen and oxygen atoms in total. The fraction of sp³-hybridized carbons (Fsp3) is 0.316. The molecular weight excluding hydrogens is 368 g/mol. The predicted octanol–water partition coefficient (Wildman–Crippen LogP) is 2.57. The highest BCUT2D eigenvalue weighted by Gasteiger charge is 2.24. The highest BCUT2D eigenvalue weighted by atomic mass is 32.2. The van der Waals surface area contributed by atoms with Crippen LogP contribution < -0.4 is 19.5 Å². The Hall–Kier alpha value is -2.74. The van der Waals surface area contributed by atoms with Gasteiger partial charge in [-0.25, -0.2) is 8.42 Å². The van der Waals surface area contributed by atoms with Crippen LogP contribution in [0.1, 0.15) is 29.8 Å². The van der Waals surface area contributed by atoms with Crippen LogP contribution in [-0.2, 0) is 16.4 Å². The van der Waals surface area contributed by atoms with Crippen molar-refractivity contribution in [3.8, 4) is 11.5 Å². The van der Waals surface area contributed by atoms with E-state index in [1.807, 2.05) is 19.9 Å². The molecule has 1 aliphatic rings. The molecule has 1 amide bonds. The largest absolute Gasteiger partial charge is 0.492 e. The highest BCUT2D eigenvalue weighted by Crippen LogP contribution is 2.38. The van der Waals surface area contributed by atoms with E-state index in [2.05, 4.69) is 10.0 Å². The van der Waals surface area contributed by atoms with Crippen molar-refractivity contribution in [1.29, 1.82) is 0 Å². The average Bonchev–Trinajstić information content (AvgIpc) is 3.00. The predicted molar refractivity (Wildman–Crippen MR) is 102 cm³/mol. The smallest absolute Gasteiger partial charge is 0.262 e. The van der Waals surface area contributed by atoms with Gasteiger partial charge in [-0.1, -0.05) is 0 Å². The summed E-state index contributed by atoms with van der Waals surface area (Å²) in [5.74, 6) is 0.827. The second kappa shape index (κ2) is 7.48. The molecule has 0 spiro atoms. The number of carbonyl (C=O) groups is 1. The molecular formula is C19H22N2O5S. The molecule has 0 fully saturated rings. The maximum Gasteiger partial charge on any atom is 0.262 e. The summed E-state index contributed by atoms with van der Waals surface area (Å²) in [6, 6.07) is 9.17. The maximum atomic E-state index is 12.8. The van der Waals surface area contributed by atoms with E-state index in [1.165, 1.54) is 31.3 Å². The summed E-state index contributed by atoms with van der Waals surface area (Å²) in [5, 5.41) is 2.49. The van der Waals surface area contributed by atoms with Gasteiger partial charge in [-0.3, -0.25) is 9.52 Å². The molecule has 0 aliphatic carbocycles. The number of amides is 1. The molecule has 1 heterocycles. The molecule has 27 heavy (non-hydrogen) atoms. The van der Waals surface area contributed by atoms with Gasteiger partial charge in [0, 0.05) is 30.7 Å². The van der Waals surface area contributed by atoms with Crippen LogP contribution in [0.5, 0.6) is 11.5 Å². The van der Waals surface area contributed by atoms with Crippen molar-refractivity contribution >= 4 is 21.6 Å². The second-order valence-electron chi connectivity index (χ2n) is 6.23. The van der Waals surface area contributed by atoms with Crippen molar-refractivity contribution in [3.63, 3.8) is 0 Å². The Labute approximate surface area is 158 Å². The molecule has 1 atom stereocenters. The molecule has 3 rings (SSSR count). The zero-order chi connectivity index (χ0) is 19.6. The highest BCUT2D eigenvalue weighted by molar-refractivity contribution is 7.92. The molecule has 2 aromatic carbocycles. The number of fused-ring (bicyclic) bond motifs is 1. The molecule has 0 saturated carbocycles. The number of rotatable bonds is 6. The molecule has 0 bridgehead atoms. The lowest BCUT2D eigenvalue weighted by molar-refractivity contribution is 0.0963. The lowest BCUT2D eigenvalue weighted by Crippen LogP contribution is -2.18. The molecule has 2 N–H and O–H groups in total. The molecule has 144 valence electrons. The van der Waals surface area contributed by atoms with E-state index in [4.69, 9.17) is 9.47 Å². The van der Waals surface area contributed by atoms with Gasteiger partial charge in [-0.2, -0.15) is 0 Å². The number of sulfonamides is 1. The van der Waals surface area contributed by atoms with Crippen molar-refractivity contribution in [2.45, 2.75) is 31.3 Å². The van der Waals surface area contributed by atoms with Crippen molar-refractivity contribution in [3.05, 3.63) is 47.5 Å². The van der Waals surface area contributed by atoms with Gasteiger partial charge in [0.2, 0.25) is 0 Å². The Morgan fingerprint density at radius 1 is 1.26 bits per heavy atom. The first-order valence-electron chi connectivity index (χ1n) is 8.65. The SMILES string of the molecule is CCOc1cc2c(cc1NS(=O)(=O)c1ccc(C(=O)NC)cc1)O[C@H](C)C2. The van der Waals surface area contributed by atoms with Gasteiger partial charge >= 0.3 is 0 Å². The minimum Gasteiger partial charge on any atom is -0.492 e. The molecule has 2 aromatic rings. The lowest BCUT2D eigenvalue weighted by Gasteiger charge is -2.15. The fourth-order valence-corrected chi connectivity index (χ4v) is 3.99. The third-order valence-corrected chi connectivity index (χ3v) is 5.58. The summed E-state index contributed by atoms with van der Waals surface area (Å²) in [6.45, 7) is 4.20. The number of benzene rings is 2. The van der Waals surface area contributed by atoms with E-state index in [9.17, 15) is 13.2 Å². The van der Waals surface area contributed by atoms with Crippen molar-refractivity contribution in [2.75, 3.05) is 18.4 Å². The summed E-state index contributed by atoms with van der Waals surface area (Å²) in [4.78, 5) is 11.7. The number of nitrogens with one attached hydrogen (secondary N) is 2. The number of ether oxygens (including phenoxy) is 2. The topological polar surface area (TPSA) is 93.7 Å². The van der Waals surface area contributed by atoms with Crippen LogP contribution in [0.2, 0.25) is 0 Å². The van der Waals surface area contributed by atoms with Crippen molar-refractivity contribution < 1.29 is 22.7 Å². The van der Waals surface area contributed by atoms with Gasteiger partial charge < -0.3 is 14.8 Å². The van der Waals surface area contributed by atoms with Gasteiger partial charge in [0.25, 0.3) is 15.9 Å². The average molecular weight is 390 g/mol. The van der Waals surface area contributed by atoms with Crippen LogP contribution in [0.25, 0.3) is 0 Å². The standard InChI is InChI=1S/C19H22N2O5S/c1-4-25-18-10-14-9-12(2)26-17(14)11-16(18)21-27(23,24)15-7-5-13(6-8-15)19(22)20-3/h5-8,10-12,21H,4,9H2,1-3H3,(H,20,22)/t12-/m1/s1. The Morgan fingerprint density at radius 2 is 1.96 bits per heavy atom. The third kappa shape index (κ3) is 4.00. The Bertz CT molecular complexity index is 955. The molecule has 0 radical (unpaired) electrons. The molecule has 0 aromatic heterocycles. The second-order valence-corrected chi connectivity index (χ2v) is 7.91. The van der Waals surface area contributed by atoms with Gasteiger partial charge in [-0.15, -0.1) is 0 Å². The Kier molecular flexibility index (Phi) is 5.27. The number of hydrogen-bond donors (Lipinski definition) is 2. The maximum absolute atomic E-state index is 12.8. The van der Waals surface area contributed by atoms with E-state index < -0.39 is 10.0 Å². The summed E-state index contributed by atoms with van der Waals surface area (Å²) in [7, 11) is -2.34. The molecule has 8 heteroatoms. The van der Waals surface area contributed by atoms with Crippen molar-refractivity contribution in [1.82, 2.24) is 5.32 Å². The van der Waals surface area contributed by atoms with E-state index in [-0.39, 0.29) is 16.9 Å². The third-order valence-electron chi connectivity index (χ3n) is 4.20. The normalized spacial score (nSPS) is 15.6. The van der Waals surface area contributed by atoms with E-state index in [0.29, 0.717) is 29.4 Å². The monoisotopic (exact) mass is 390 g/mol. The van der Waals surface area contributed by atoms with Gasteiger partial charge in [0.05, 0.1) is 17.2 Å². The van der Waals surface area contributed by atoms with E-state index in [1.54, 1.807) is 6.07 Å². The number of anilines is 1. The van der Waals surface area contributed by atoms with Crippen LogP contribution in [-0.4, -0.2) is 34.1 Å². The zero-order valence-corrected chi connectivity index (χ0v) is 16.2. The van der Waals surface area contributed by atoms with Crippen LogP contribution in [0, 0.1) is 0 Å². The zero-order valence-electron chi connectivity index (χ0n) is 15.4. The Balaban J connectivity index is 1.91. The minimum atomic E-state index is -3.85. The van der Waals surface area contributed by atoms with Crippen LogP contribution in [0.4, 0.5) is 5.69 Å². The lowest BCUT2D eigenvalue weighted by atomic mass is 10.1. The summed E-state index contributed by atoms with van der Waals surface area (Å²) < 4.78 is 39.4. The van der Waals surface area contributed by atoms with E-state index >= 15 is 0 Å². The van der Waals surface area contributed by atoms with Crippen LogP contribution in [0.3, 0.4) is 0 Å². The Morgan fingerprint density at radius 3 is 2.59 bits per heavy atom. The molecule has 0 unspecified atom stereocenters. The first-order valence-corrected chi connectivity index (χ1v) is 10.1. The summed E-state index contributed by atoms with van der Waals surface area (Å²) in [6.07, 6.45) is 0.794. The number of hydrogen-bond acceptors (Lipinski definition) is 5. The summed E-state index contributed by atoms with van der Waals surface area (Å²) in [5.41, 5.74) is 1.69. The van der Waals surface area contributed by atoms with Crippen LogP contribution >= 0.6 is 0 Å². The van der Waals surface area contributed by atoms with Gasteiger partial charge in [0.15, 0.2) is 0 Å². The first-order chi connectivity index (χ1) is 12.8. The minimum absolute atomic E-state index is 0.0404. The number of carbonyl (C=O) groups excluding carboxylic acids is 1. The van der Waals surface area contributed by atoms with Crippen molar-refractivity contribution in [2.24, 2.45) is 0 Å². The fourth-order valence-electron chi connectivity index (χ4n) is 2.93. The van der Waals surface area contributed by atoms with E-state index in [0.717, 1.165) is 12.0 Å². The summed E-state index contributed by atoms with van der Waals surface area (Å²) >= 11 is 0.